The third-order valence-electron chi connectivity index (χ3n) is 2.64. The standard InChI is InChI=1S/C10H21N3O/c1-8(2)12-5-7-13-6-3-4-9(13)10(11)14/h8-9,12H,3-7H2,1-2H3,(H2,11,14). The Morgan fingerprint density at radius 3 is 2.93 bits per heavy atom. The molecule has 1 unspecified atom stereocenters. The fourth-order valence-corrected chi connectivity index (χ4v) is 1.91. The Bertz CT molecular complexity index is 194. The maximum absolute atomic E-state index is 11.1. The molecule has 0 spiro atoms. The first-order valence-electron chi connectivity index (χ1n) is 5.38. The molecule has 1 saturated heterocycles. The molecule has 1 atom stereocenters. The fraction of sp³-hybridized carbons (Fsp3) is 0.900. The Morgan fingerprint density at radius 2 is 2.36 bits per heavy atom. The maximum Gasteiger partial charge on any atom is 0.234 e. The SMILES string of the molecule is CC(C)NCCN1CCCC1C(N)=O. The summed E-state index contributed by atoms with van der Waals surface area (Å²) in [6.07, 6.45) is 2.02. The van der Waals surface area contributed by atoms with Crippen molar-refractivity contribution in [2.45, 2.75) is 38.8 Å². The second kappa shape index (κ2) is 5.32. The summed E-state index contributed by atoms with van der Waals surface area (Å²) in [5.41, 5.74) is 5.32. The van der Waals surface area contributed by atoms with Crippen LogP contribution < -0.4 is 11.1 Å². The van der Waals surface area contributed by atoms with Gasteiger partial charge in [-0.05, 0) is 19.4 Å². The largest absolute Gasteiger partial charge is 0.368 e. The Morgan fingerprint density at radius 1 is 1.64 bits per heavy atom. The van der Waals surface area contributed by atoms with Crippen LogP contribution >= 0.6 is 0 Å². The number of hydrogen-bond acceptors (Lipinski definition) is 3. The third kappa shape index (κ3) is 3.27. The summed E-state index contributed by atoms with van der Waals surface area (Å²) in [4.78, 5) is 13.2. The van der Waals surface area contributed by atoms with Gasteiger partial charge in [-0.3, -0.25) is 9.69 Å². The number of carbonyl (C=O) groups excluding carboxylic acids is 1. The lowest BCUT2D eigenvalue weighted by Crippen LogP contribution is -2.43. The summed E-state index contributed by atoms with van der Waals surface area (Å²) in [7, 11) is 0. The van der Waals surface area contributed by atoms with E-state index in [2.05, 4.69) is 24.1 Å². The highest BCUT2D eigenvalue weighted by molar-refractivity contribution is 5.80. The number of carbonyl (C=O) groups is 1. The summed E-state index contributed by atoms with van der Waals surface area (Å²) in [6, 6.07) is 0.480. The second-order valence-corrected chi connectivity index (χ2v) is 4.21. The van der Waals surface area contributed by atoms with Crippen LogP contribution in [0.25, 0.3) is 0 Å². The summed E-state index contributed by atoms with van der Waals surface area (Å²) >= 11 is 0. The highest BCUT2D eigenvalue weighted by Crippen LogP contribution is 2.15. The average Bonchev–Trinajstić information content (AvgIpc) is 2.51. The van der Waals surface area contributed by atoms with E-state index < -0.39 is 0 Å². The number of nitrogens with two attached hydrogens (primary N) is 1. The van der Waals surface area contributed by atoms with E-state index in [1.165, 1.54) is 0 Å². The van der Waals surface area contributed by atoms with Crippen LogP contribution in [0.15, 0.2) is 0 Å². The molecule has 1 fully saturated rings. The van der Waals surface area contributed by atoms with Gasteiger partial charge in [0.15, 0.2) is 0 Å². The monoisotopic (exact) mass is 199 g/mol. The van der Waals surface area contributed by atoms with Gasteiger partial charge in [-0.25, -0.2) is 0 Å². The molecular formula is C10H21N3O. The normalized spacial score (nSPS) is 23.2. The lowest BCUT2D eigenvalue weighted by atomic mass is 10.2. The van der Waals surface area contributed by atoms with Crippen LogP contribution in [0.3, 0.4) is 0 Å². The highest BCUT2D eigenvalue weighted by atomic mass is 16.1. The van der Waals surface area contributed by atoms with Crippen LogP contribution in [0.1, 0.15) is 26.7 Å². The van der Waals surface area contributed by atoms with Gasteiger partial charge in [0, 0.05) is 19.1 Å². The van der Waals surface area contributed by atoms with Crippen molar-refractivity contribution in [3.8, 4) is 0 Å². The minimum Gasteiger partial charge on any atom is -0.368 e. The molecule has 4 heteroatoms. The molecule has 0 aromatic carbocycles. The van der Waals surface area contributed by atoms with E-state index in [-0.39, 0.29) is 11.9 Å². The predicted molar refractivity (Wildman–Crippen MR) is 56.9 cm³/mol. The molecular weight excluding hydrogens is 178 g/mol. The number of nitrogens with one attached hydrogen (secondary N) is 1. The third-order valence-corrected chi connectivity index (χ3v) is 2.64. The Balaban J connectivity index is 2.26. The zero-order chi connectivity index (χ0) is 10.6. The number of primary amides is 1. The van der Waals surface area contributed by atoms with Crippen molar-refractivity contribution in [2.24, 2.45) is 5.73 Å². The van der Waals surface area contributed by atoms with Crippen molar-refractivity contribution >= 4 is 5.91 Å². The van der Waals surface area contributed by atoms with Crippen molar-refractivity contribution in [3.63, 3.8) is 0 Å². The van der Waals surface area contributed by atoms with Crippen LogP contribution in [0.5, 0.6) is 0 Å². The first-order valence-corrected chi connectivity index (χ1v) is 5.38. The van der Waals surface area contributed by atoms with Crippen molar-refractivity contribution in [1.29, 1.82) is 0 Å². The van der Waals surface area contributed by atoms with Crippen LogP contribution in [-0.4, -0.2) is 42.5 Å². The fourth-order valence-electron chi connectivity index (χ4n) is 1.91. The quantitative estimate of drug-likeness (QED) is 0.652. The molecule has 1 rings (SSSR count). The van der Waals surface area contributed by atoms with Crippen LogP contribution in [0.4, 0.5) is 0 Å². The molecule has 0 bridgehead atoms. The highest BCUT2D eigenvalue weighted by Gasteiger charge is 2.28. The molecule has 0 saturated carbocycles. The van der Waals surface area contributed by atoms with Gasteiger partial charge < -0.3 is 11.1 Å². The van der Waals surface area contributed by atoms with Crippen molar-refractivity contribution in [3.05, 3.63) is 0 Å². The summed E-state index contributed by atoms with van der Waals surface area (Å²) < 4.78 is 0. The molecule has 0 aromatic heterocycles. The van der Waals surface area contributed by atoms with E-state index in [0.717, 1.165) is 32.5 Å². The van der Waals surface area contributed by atoms with E-state index in [9.17, 15) is 4.79 Å². The van der Waals surface area contributed by atoms with Crippen molar-refractivity contribution < 1.29 is 4.79 Å². The first-order chi connectivity index (χ1) is 6.61. The van der Waals surface area contributed by atoms with E-state index in [0.29, 0.717) is 6.04 Å². The van der Waals surface area contributed by atoms with E-state index in [1.807, 2.05) is 0 Å². The lowest BCUT2D eigenvalue weighted by Gasteiger charge is -2.22. The average molecular weight is 199 g/mol. The van der Waals surface area contributed by atoms with Gasteiger partial charge >= 0.3 is 0 Å². The summed E-state index contributed by atoms with van der Waals surface area (Å²) in [6.45, 7) is 7.10. The van der Waals surface area contributed by atoms with Gasteiger partial charge in [-0.15, -0.1) is 0 Å². The molecule has 4 nitrogen and oxygen atoms in total. The summed E-state index contributed by atoms with van der Waals surface area (Å²) in [5, 5.41) is 3.34. The zero-order valence-corrected chi connectivity index (χ0v) is 9.12. The van der Waals surface area contributed by atoms with E-state index >= 15 is 0 Å². The number of likely N-dealkylation sites (tertiary alicyclic amines) is 1. The Kier molecular flexibility index (Phi) is 4.35. The Labute approximate surface area is 85.8 Å². The summed E-state index contributed by atoms with van der Waals surface area (Å²) in [5.74, 6) is -0.174. The molecule has 0 radical (unpaired) electrons. The molecule has 3 N–H and O–H groups in total. The number of rotatable bonds is 5. The van der Waals surface area contributed by atoms with E-state index in [1.54, 1.807) is 0 Å². The zero-order valence-electron chi connectivity index (χ0n) is 9.12. The van der Waals surface area contributed by atoms with Crippen molar-refractivity contribution in [1.82, 2.24) is 10.2 Å². The molecule has 0 aromatic rings. The van der Waals surface area contributed by atoms with Crippen LogP contribution in [0.2, 0.25) is 0 Å². The number of nitrogens with zero attached hydrogens (tertiary/aromatic N) is 1. The lowest BCUT2D eigenvalue weighted by molar-refractivity contribution is -0.122. The number of amides is 1. The van der Waals surface area contributed by atoms with Crippen molar-refractivity contribution in [2.75, 3.05) is 19.6 Å². The second-order valence-electron chi connectivity index (χ2n) is 4.21. The van der Waals surface area contributed by atoms with Crippen LogP contribution in [0, 0.1) is 0 Å². The molecule has 82 valence electrons. The Hall–Kier alpha value is -0.610. The molecule has 0 aliphatic carbocycles. The van der Waals surface area contributed by atoms with Gasteiger partial charge in [-0.1, -0.05) is 13.8 Å². The van der Waals surface area contributed by atoms with E-state index in [4.69, 9.17) is 5.73 Å². The minimum absolute atomic E-state index is 0.0241. The molecule has 1 aliphatic rings. The molecule has 1 heterocycles. The molecule has 14 heavy (non-hydrogen) atoms. The van der Waals surface area contributed by atoms with Gasteiger partial charge in [0.25, 0.3) is 0 Å². The smallest absolute Gasteiger partial charge is 0.234 e. The van der Waals surface area contributed by atoms with Gasteiger partial charge in [0.05, 0.1) is 6.04 Å². The van der Waals surface area contributed by atoms with Gasteiger partial charge in [0.2, 0.25) is 5.91 Å². The first kappa shape index (κ1) is 11.5. The predicted octanol–water partition coefficient (Wildman–Crippen LogP) is -0.0659. The molecule has 1 aliphatic heterocycles. The molecule has 1 amide bonds. The number of hydrogen-bond donors (Lipinski definition) is 2. The van der Waals surface area contributed by atoms with Gasteiger partial charge in [-0.2, -0.15) is 0 Å². The minimum atomic E-state index is -0.174. The topological polar surface area (TPSA) is 58.4 Å². The van der Waals surface area contributed by atoms with Crippen LogP contribution in [-0.2, 0) is 4.79 Å². The maximum atomic E-state index is 11.1. The van der Waals surface area contributed by atoms with Gasteiger partial charge in [0.1, 0.15) is 0 Å².